The van der Waals surface area contributed by atoms with Gasteiger partial charge in [-0.15, -0.1) is 0 Å². The molecule has 2 amide bonds. The highest BCUT2D eigenvalue weighted by molar-refractivity contribution is 5.92. The van der Waals surface area contributed by atoms with Crippen LogP contribution in [0.5, 0.6) is 0 Å². The number of hydrogen-bond donors (Lipinski definition) is 1. The van der Waals surface area contributed by atoms with Gasteiger partial charge in [0.15, 0.2) is 0 Å². The van der Waals surface area contributed by atoms with Crippen LogP contribution in [0.3, 0.4) is 0 Å². The number of hydrogen-bond acceptors (Lipinski definition) is 3. The Bertz CT molecular complexity index is 1320. The first kappa shape index (κ1) is 21.1. The van der Waals surface area contributed by atoms with E-state index in [-0.39, 0.29) is 11.4 Å². The Labute approximate surface area is 194 Å². The SMILES string of the molecule is CC(C)(C)c1ccc(-c2cccc3c2CCN(C(=O)Nc2ccc4nccnc4c2)C3)cc1. The molecule has 5 rings (SSSR count). The molecule has 1 N–H and O–H groups in total. The number of aromatic nitrogens is 2. The third-order valence-electron chi connectivity index (χ3n) is 6.34. The second-order valence-corrected chi connectivity index (χ2v) is 9.63. The second-order valence-electron chi connectivity index (χ2n) is 9.63. The molecule has 5 heteroatoms. The number of anilines is 1. The quantitative estimate of drug-likeness (QED) is 0.408. The van der Waals surface area contributed by atoms with Crippen LogP contribution in [0.2, 0.25) is 0 Å². The van der Waals surface area contributed by atoms with Gasteiger partial charge in [0.05, 0.1) is 11.0 Å². The highest BCUT2D eigenvalue weighted by Gasteiger charge is 2.23. The van der Waals surface area contributed by atoms with Crippen molar-refractivity contribution in [2.45, 2.75) is 39.2 Å². The number of nitrogens with zero attached hydrogens (tertiary/aromatic N) is 3. The molecule has 1 aliphatic rings. The topological polar surface area (TPSA) is 58.1 Å². The molecule has 2 heterocycles. The molecular weight excluding hydrogens is 408 g/mol. The predicted molar refractivity (Wildman–Crippen MR) is 133 cm³/mol. The lowest BCUT2D eigenvalue weighted by molar-refractivity contribution is 0.206. The molecule has 166 valence electrons. The number of fused-ring (bicyclic) bond motifs is 2. The maximum absolute atomic E-state index is 13.0. The number of amides is 2. The fourth-order valence-corrected chi connectivity index (χ4v) is 4.45. The summed E-state index contributed by atoms with van der Waals surface area (Å²) in [6.45, 7) is 7.98. The van der Waals surface area contributed by atoms with Crippen molar-refractivity contribution in [1.29, 1.82) is 0 Å². The zero-order valence-electron chi connectivity index (χ0n) is 19.3. The van der Waals surface area contributed by atoms with E-state index in [0.717, 1.165) is 23.1 Å². The van der Waals surface area contributed by atoms with Gasteiger partial charge >= 0.3 is 6.03 Å². The molecule has 1 aromatic heterocycles. The monoisotopic (exact) mass is 436 g/mol. The molecule has 0 saturated heterocycles. The molecule has 0 unspecified atom stereocenters. The van der Waals surface area contributed by atoms with Gasteiger partial charge in [0.2, 0.25) is 0 Å². The maximum Gasteiger partial charge on any atom is 0.322 e. The zero-order chi connectivity index (χ0) is 23.0. The molecule has 0 fully saturated rings. The summed E-state index contributed by atoms with van der Waals surface area (Å²) >= 11 is 0. The van der Waals surface area contributed by atoms with Gasteiger partial charge in [0.1, 0.15) is 0 Å². The Morgan fingerprint density at radius 2 is 1.70 bits per heavy atom. The predicted octanol–water partition coefficient (Wildman–Crippen LogP) is 6.18. The Hall–Kier alpha value is -3.73. The van der Waals surface area contributed by atoms with Crippen molar-refractivity contribution in [3.63, 3.8) is 0 Å². The Morgan fingerprint density at radius 1 is 0.939 bits per heavy atom. The van der Waals surface area contributed by atoms with Crippen molar-refractivity contribution in [1.82, 2.24) is 14.9 Å². The molecule has 0 saturated carbocycles. The average molecular weight is 437 g/mol. The van der Waals surface area contributed by atoms with E-state index in [2.05, 4.69) is 78.5 Å². The van der Waals surface area contributed by atoms with Crippen molar-refractivity contribution < 1.29 is 4.79 Å². The highest BCUT2D eigenvalue weighted by atomic mass is 16.2. The third-order valence-corrected chi connectivity index (χ3v) is 6.34. The van der Waals surface area contributed by atoms with Gasteiger partial charge in [-0.2, -0.15) is 0 Å². The van der Waals surface area contributed by atoms with Crippen molar-refractivity contribution >= 4 is 22.8 Å². The molecule has 5 nitrogen and oxygen atoms in total. The number of carbonyl (C=O) groups excluding carboxylic acids is 1. The lowest BCUT2D eigenvalue weighted by Gasteiger charge is -2.30. The molecule has 33 heavy (non-hydrogen) atoms. The van der Waals surface area contributed by atoms with Crippen LogP contribution in [0, 0.1) is 0 Å². The van der Waals surface area contributed by atoms with Crippen LogP contribution >= 0.6 is 0 Å². The molecule has 0 spiro atoms. The van der Waals surface area contributed by atoms with Crippen LogP contribution in [0.4, 0.5) is 10.5 Å². The number of rotatable bonds is 2. The summed E-state index contributed by atoms with van der Waals surface area (Å²) in [5.41, 5.74) is 8.82. The Kier molecular flexibility index (Phi) is 5.33. The van der Waals surface area contributed by atoms with Crippen LogP contribution in [-0.4, -0.2) is 27.4 Å². The number of nitrogens with one attached hydrogen (secondary N) is 1. The van der Waals surface area contributed by atoms with Crippen LogP contribution in [0.25, 0.3) is 22.2 Å². The van der Waals surface area contributed by atoms with Gasteiger partial charge in [-0.1, -0.05) is 63.2 Å². The van der Waals surface area contributed by atoms with E-state index in [4.69, 9.17) is 0 Å². The van der Waals surface area contributed by atoms with E-state index in [0.29, 0.717) is 13.1 Å². The fourth-order valence-electron chi connectivity index (χ4n) is 4.45. The molecular formula is C28H28N4O. The van der Waals surface area contributed by atoms with E-state index < -0.39 is 0 Å². The van der Waals surface area contributed by atoms with Gasteiger partial charge in [0.25, 0.3) is 0 Å². The minimum absolute atomic E-state index is 0.0937. The van der Waals surface area contributed by atoms with E-state index in [1.807, 2.05) is 23.1 Å². The van der Waals surface area contributed by atoms with E-state index in [9.17, 15) is 4.79 Å². The molecule has 0 atom stereocenters. The smallest absolute Gasteiger partial charge is 0.320 e. The standard InChI is InChI=1S/C28H28N4O/c1-28(2,3)21-9-7-19(8-10-21)23-6-4-5-20-18-32(16-13-24(20)23)27(33)31-22-11-12-25-26(17-22)30-15-14-29-25/h4-12,14-15,17H,13,16,18H2,1-3H3,(H,31,33). The minimum atomic E-state index is -0.0937. The van der Waals surface area contributed by atoms with E-state index in [1.165, 1.54) is 27.8 Å². The van der Waals surface area contributed by atoms with Crippen LogP contribution < -0.4 is 5.32 Å². The average Bonchev–Trinajstić information content (AvgIpc) is 2.83. The summed E-state index contributed by atoms with van der Waals surface area (Å²) in [5.74, 6) is 0. The van der Waals surface area contributed by atoms with Crippen LogP contribution in [0.1, 0.15) is 37.5 Å². The van der Waals surface area contributed by atoms with Gasteiger partial charge in [0, 0.05) is 31.2 Å². The fraction of sp³-hybridized carbons (Fsp3) is 0.250. The molecule has 4 aromatic rings. The van der Waals surface area contributed by atoms with Crippen LogP contribution in [0.15, 0.2) is 73.1 Å². The summed E-state index contributed by atoms with van der Waals surface area (Å²) in [6.07, 6.45) is 4.16. The van der Waals surface area contributed by atoms with Gasteiger partial charge in [-0.25, -0.2) is 4.79 Å². The number of urea groups is 1. The van der Waals surface area contributed by atoms with E-state index >= 15 is 0 Å². The van der Waals surface area contributed by atoms with Crippen molar-refractivity contribution in [3.8, 4) is 11.1 Å². The largest absolute Gasteiger partial charge is 0.322 e. The molecule has 0 radical (unpaired) electrons. The Morgan fingerprint density at radius 3 is 2.45 bits per heavy atom. The van der Waals surface area contributed by atoms with E-state index in [1.54, 1.807) is 12.4 Å². The van der Waals surface area contributed by atoms with Gasteiger partial charge in [-0.3, -0.25) is 9.97 Å². The van der Waals surface area contributed by atoms with Crippen molar-refractivity contribution in [2.75, 3.05) is 11.9 Å². The minimum Gasteiger partial charge on any atom is -0.320 e. The van der Waals surface area contributed by atoms with Crippen LogP contribution in [-0.2, 0) is 18.4 Å². The summed E-state index contributed by atoms with van der Waals surface area (Å²) in [5, 5.41) is 3.02. The lowest BCUT2D eigenvalue weighted by Crippen LogP contribution is -2.39. The third kappa shape index (κ3) is 4.31. The second kappa shape index (κ2) is 8.32. The number of carbonyl (C=O) groups is 1. The number of benzene rings is 3. The lowest BCUT2D eigenvalue weighted by atomic mass is 9.85. The Balaban J connectivity index is 1.34. The zero-order valence-corrected chi connectivity index (χ0v) is 19.3. The van der Waals surface area contributed by atoms with Crippen molar-refractivity contribution in [2.24, 2.45) is 0 Å². The highest BCUT2D eigenvalue weighted by Crippen LogP contribution is 2.32. The first-order valence-corrected chi connectivity index (χ1v) is 11.4. The molecule has 0 aliphatic carbocycles. The summed E-state index contributed by atoms with van der Waals surface area (Å²) in [7, 11) is 0. The summed E-state index contributed by atoms with van der Waals surface area (Å²) in [4.78, 5) is 23.5. The first-order chi connectivity index (χ1) is 15.9. The normalized spacial score (nSPS) is 13.6. The van der Waals surface area contributed by atoms with Crippen molar-refractivity contribution in [3.05, 3.63) is 89.7 Å². The molecule has 3 aromatic carbocycles. The summed E-state index contributed by atoms with van der Waals surface area (Å²) in [6, 6.07) is 20.8. The molecule has 0 bridgehead atoms. The van der Waals surface area contributed by atoms with Gasteiger partial charge < -0.3 is 10.2 Å². The summed E-state index contributed by atoms with van der Waals surface area (Å²) < 4.78 is 0. The van der Waals surface area contributed by atoms with Gasteiger partial charge in [-0.05, 0) is 57.9 Å². The molecule has 1 aliphatic heterocycles. The first-order valence-electron chi connectivity index (χ1n) is 11.4. The maximum atomic E-state index is 13.0.